The van der Waals surface area contributed by atoms with Crippen molar-refractivity contribution < 1.29 is 103 Å². The number of amides is 11. The minimum atomic E-state index is -1.92. The average molecular weight is 1390 g/mol. The summed E-state index contributed by atoms with van der Waals surface area (Å²) in [5.41, 5.74) is 12.4. The van der Waals surface area contributed by atoms with E-state index in [1.165, 1.54) is 73.6 Å². The smallest absolute Gasteiger partial charge is 0.326 e. The predicted molar refractivity (Wildman–Crippen MR) is 344 cm³/mol. The number of benzene rings is 2. The number of aliphatic hydroxyl groups is 2. The first-order valence-corrected chi connectivity index (χ1v) is 31.2. The summed E-state index contributed by atoms with van der Waals surface area (Å²) in [4.78, 5) is 201. The third-order valence-electron chi connectivity index (χ3n) is 14.9. The van der Waals surface area contributed by atoms with E-state index in [2.05, 4.69) is 73.1 Å². The number of nitrogens with two attached hydrogens (primary N) is 2. The summed E-state index contributed by atoms with van der Waals surface area (Å²) in [6, 6.07) is -8.05. The number of aromatic amines is 2. The van der Waals surface area contributed by atoms with Gasteiger partial charge in [-0.2, -0.15) is 0 Å². The fraction of sp³-hybridized carbons (Fsp3) is 0.484. The van der Waals surface area contributed by atoms with Crippen LogP contribution in [0, 0.1) is 11.8 Å². The summed E-state index contributed by atoms with van der Waals surface area (Å²) in [5, 5.41) is 93.4. The number of H-pyrrole nitrogens is 2. The van der Waals surface area contributed by atoms with Crippen LogP contribution < -0.4 is 64.6 Å². The van der Waals surface area contributed by atoms with E-state index in [-0.39, 0.29) is 42.4 Å². The lowest BCUT2D eigenvalue weighted by atomic mass is 10.00. The fourth-order valence-electron chi connectivity index (χ4n) is 9.67. The van der Waals surface area contributed by atoms with Gasteiger partial charge in [-0.05, 0) is 72.9 Å². The molecule has 4 rings (SSSR count). The molecule has 2 aromatic carbocycles. The first-order valence-electron chi connectivity index (χ1n) is 31.2. The monoisotopic (exact) mass is 1390 g/mol. The Bertz CT molecular complexity index is 3410. The van der Waals surface area contributed by atoms with Gasteiger partial charge >= 0.3 is 17.9 Å². The zero-order valence-corrected chi connectivity index (χ0v) is 54.5. The summed E-state index contributed by atoms with van der Waals surface area (Å²) < 4.78 is 0. The molecule has 2 heterocycles. The number of imidazole rings is 2. The number of primary amides is 1. The Morgan fingerprint density at radius 3 is 1.11 bits per heavy atom. The van der Waals surface area contributed by atoms with Crippen molar-refractivity contribution in [1.29, 1.82) is 0 Å². The van der Waals surface area contributed by atoms with Gasteiger partial charge in [0.2, 0.25) is 65.0 Å². The Balaban J connectivity index is 1.61. The van der Waals surface area contributed by atoms with E-state index in [0.29, 0.717) is 16.8 Å². The number of carboxylic acid groups (broad SMARTS) is 3. The zero-order valence-electron chi connectivity index (χ0n) is 54.5. The number of hydrogen-bond donors (Lipinski definition) is 21. The molecule has 0 radical (unpaired) electrons. The Morgan fingerprint density at radius 2 is 0.747 bits per heavy atom. The van der Waals surface area contributed by atoms with Crippen LogP contribution in [0.2, 0.25) is 0 Å². The maximum Gasteiger partial charge on any atom is 0.326 e. The topological polar surface area (TPSA) is 610 Å². The first-order chi connectivity index (χ1) is 46.7. The number of aromatic hydroxyl groups is 2. The second kappa shape index (κ2) is 39.8. The normalized spacial score (nSPS) is 14.5. The van der Waals surface area contributed by atoms with Crippen molar-refractivity contribution in [2.45, 2.75) is 165 Å². The van der Waals surface area contributed by atoms with Crippen LogP contribution in [0.4, 0.5) is 0 Å². The summed E-state index contributed by atoms with van der Waals surface area (Å²) in [6.07, 6.45) is 0.336. The molecule has 2 aromatic heterocycles. The highest BCUT2D eigenvalue weighted by molar-refractivity contribution is 6.00. The van der Waals surface area contributed by atoms with Gasteiger partial charge in [-0.15, -0.1) is 0 Å². The molecule has 0 saturated carbocycles. The van der Waals surface area contributed by atoms with Crippen molar-refractivity contribution in [3.05, 3.63) is 96.1 Å². The van der Waals surface area contributed by atoms with Gasteiger partial charge < -0.3 is 110 Å². The Morgan fingerprint density at radius 1 is 0.414 bits per heavy atom. The van der Waals surface area contributed by atoms with Crippen LogP contribution in [-0.2, 0) is 92.8 Å². The number of hydrogen-bond acceptors (Lipinski definition) is 21. The molecule has 0 aliphatic carbocycles. The zero-order chi connectivity index (χ0) is 73.6. The summed E-state index contributed by atoms with van der Waals surface area (Å²) in [6.45, 7) is 4.49. The summed E-state index contributed by atoms with van der Waals surface area (Å²) >= 11 is 0. The Labute approximate surface area is 566 Å². The van der Waals surface area contributed by atoms with E-state index in [0.717, 1.165) is 0 Å². The SMILES string of the molecule is CC(C)C[C@H](NC(=O)[C@H](Cc1cnc[nH]1)NC(=O)[C@H](CO)NC(=O)[C@H](CCC(N)=O)NC(=O)[C@H](Cc1ccc(O)cc1)NC(=O)[C@H](CC(C)C)NC(=O)[C@H](CO)NC(=O)[C@H](Cc1cnc[nH]1)NC(=O)[C@H](Cc1ccc(O)cc1)NC(=O)[C@H](CC(=O)O)NC(=O)[C@@H](N)CCC(=O)O)C(=O)O. The number of aliphatic hydroxyl groups excluding tert-OH is 2. The van der Waals surface area contributed by atoms with Crippen LogP contribution in [0.3, 0.4) is 0 Å². The number of phenolic OH excluding ortho intramolecular Hbond substituents is 2. The average Bonchev–Trinajstić information content (AvgIpc) is 1.25. The summed E-state index contributed by atoms with van der Waals surface area (Å²) in [7, 11) is 0. The number of rotatable bonds is 43. The molecule has 99 heavy (non-hydrogen) atoms. The predicted octanol–water partition coefficient (Wildman–Crippen LogP) is -5.24. The van der Waals surface area contributed by atoms with Crippen molar-refractivity contribution in [1.82, 2.24) is 73.1 Å². The van der Waals surface area contributed by atoms with E-state index in [9.17, 15) is 97.8 Å². The lowest BCUT2D eigenvalue weighted by Crippen LogP contribution is -2.62. The maximum atomic E-state index is 14.6. The van der Waals surface area contributed by atoms with Gasteiger partial charge in [-0.1, -0.05) is 52.0 Å². The lowest BCUT2D eigenvalue weighted by molar-refractivity contribution is -0.143. The number of phenols is 2. The van der Waals surface area contributed by atoms with Gasteiger partial charge in [-0.25, -0.2) is 14.8 Å². The van der Waals surface area contributed by atoms with E-state index in [1.807, 2.05) is 0 Å². The molecule has 11 amide bonds. The molecule has 0 aliphatic rings. The number of carboxylic acids is 3. The largest absolute Gasteiger partial charge is 0.508 e. The van der Waals surface area contributed by atoms with Crippen LogP contribution in [-0.4, -0.2) is 218 Å². The third kappa shape index (κ3) is 28.3. The van der Waals surface area contributed by atoms with Gasteiger partial charge in [0.05, 0.1) is 38.3 Å². The highest BCUT2D eigenvalue weighted by Crippen LogP contribution is 2.16. The van der Waals surface area contributed by atoms with Gasteiger partial charge in [0.25, 0.3) is 0 Å². The second-order valence-corrected chi connectivity index (χ2v) is 24.0. The Hall–Kier alpha value is -11.1. The molecule has 0 bridgehead atoms. The molecule has 4 aromatic rings. The molecule has 540 valence electrons. The van der Waals surface area contributed by atoms with Crippen molar-refractivity contribution in [3.63, 3.8) is 0 Å². The number of nitrogens with zero attached hydrogens (tertiary/aromatic N) is 2. The van der Waals surface area contributed by atoms with Crippen molar-refractivity contribution in [2.75, 3.05) is 13.2 Å². The van der Waals surface area contributed by atoms with E-state index in [1.54, 1.807) is 27.7 Å². The van der Waals surface area contributed by atoms with Crippen LogP contribution >= 0.6 is 0 Å². The molecular formula is C62H86N16O21. The molecule has 0 fully saturated rings. The molecule has 0 aliphatic heterocycles. The number of carbonyl (C=O) groups is 14. The summed E-state index contributed by atoms with van der Waals surface area (Å²) in [5.74, 6) is -17.5. The highest BCUT2D eigenvalue weighted by Gasteiger charge is 2.38. The lowest BCUT2D eigenvalue weighted by Gasteiger charge is -2.28. The highest BCUT2D eigenvalue weighted by atomic mass is 16.4. The molecule has 0 spiro atoms. The van der Waals surface area contributed by atoms with Crippen LogP contribution in [0.25, 0.3) is 0 Å². The quantitative estimate of drug-likeness (QED) is 0.0197. The molecule has 0 unspecified atom stereocenters. The van der Waals surface area contributed by atoms with Crippen molar-refractivity contribution in [2.24, 2.45) is 23.3 Å². The van der Waals surface area contributed by atoms with Crippen LogP contribution in [0.5, 0.6) is 11.5 Å². The van der Waals surface area contributed by atoms with Gasteiger partial charge in [0.15, 0.2) is 0 Å². The van der Waals surface area contributed by atoms with Crippen LogP contribution in [0.1, 0.15) is 95.2 Å². The molecule has 0 saturated heterocycles. The number of aliphatic carboxylic acids is 3. The first kappa shape index (κ1) is 80.4. The molecule has 37 nitrogen and oxygen atoms in total. The fourth-order valence-corrected chi connectivity index (χ4v) is 9.67. The van der Waals surface area contributed by atoms with E-state index < -0.39 is 220 Å². The van der Waals surface area contributed by atoms with Crippen LogP contribution in [0.15, 0.2) is 73.6 Å². The van der Waals surface area contributed by atoms with E-state index >= 15 is 0 Å². The number of aromatic nitrogens is 4. The number of carbonyl (C=O) groups excluding carboxylic acids is 11. The minimum absolute atomic E-state index is 0.0131. The van der Waals surface area contributed by atoms with Gasteiger partial charge in [0.1, 0.15) is 71.9 Å². The van der Waals surface area contributed by atoms with Gasteiger partial charge in [-0.3, -0.25) is 62.3 Å². The molecule has 37 heteroatoms. The third-order valence-corrected chi connectivity index (χ3v) is 14.9. The van der Waals surface area contributed by atoms with Gasteiger partial charge in [0, 0.05) is 62.3 Å². The van der Waals surface area contributed by atoms with E-state index in [4.69, 9.17) is 16.6 Å². The standard InChI is InChI=1S/C62H86N16O21/c1-30(2)17-40(71-60(96)48(27-80)78-58(94)44(22-35-25-66-29-68-35)74-56(92)42(20-33-7-11-37(82)12-8-33)73-59(95)45(23-51(86)87)70-52(88)38(63)13-16-50(84)85)54(90)72-41(19-32-5-9-36(81)10-6-32)55(91)69-39(14-15-49(64)83)53(89)77-47(26-79)61(97)75-43(21-34-24-65-28-67-34)57(93)76-46(62(98)99)18-31(3)4/h5-12,24-25,28-31,38-48,79-82H,13-23,26-27,63H2,1-4H3,(H2,64,83)(H,65,67)(H,66,68)(H,69,91)(H,70,88)(H,71,96)(H,72,90)(H,73,95)(H,74,92)(H,75,97)(H,76,93)(H,77,89)(H,78,94)(H,84,85)(H,86,87)(H,98,99)/t38-,39-,40-,41-,42-,43-,44-,45-,46-,47-,48-/m0/s1. The number of nitrogens with one attached hydrogen (secondary N) is 12. The van der Waals surface area contributed by atoms with Crippen molar-refractivity contribution >= 4 is 82.9 Å². The second-order valence-electron chi connectivity index (χ2n) is 24.0. The molecule has 23 N–H and O–H groups in total. The van der Waals surface area contributed by atoms with Crippen molar-refractivity contribution in [3.8, 4) is 11.5 Å². The molecule has 11 atom stereocenters. The molecular weight excluding hydrogens is 1300 g/mol. The Kier molecular flexibility index (Phi) is 32.3. The minimum Gasteiger partial charge on any atom is -0.508 e. The maximum absolute atomic E-state index is 14.6.